The van der Waals surface area contributed by atoms with Gasteiger partial charge in [-0.2, -0.15) is 0 Å². The van der Waals surface area contributed by atoms with Gasteiger partial charge in [0.2, 0.25) is 0 Å². The van der Waals surface area contributed by atoms with E-state index in [9.17, 15) is 5.11 Å². The fraction of sp³-hybridized carbons (Fsp3) is 0.136. The molecule has 1 atom stereocenters. The summed E-state index contributed by atoms with van der Waals surface area (Å²) in [6.07, 6.45) is -0.797. The van der Waals surface area contributed by atoms with E-state index in [-0.39, 0.29) is 0 Å². The maximum atomic E-state index is 10.9. The van der Waals surface area contributed by atoms with E-state index in [1.54, 1.807) is 12.1 Å². The highest BCUT2D eigenvalue weighted by molar-refractivity contribution is 6.30. The highest BCUT2D eigenvalue weighted by atomic mass is 35.5. The van der Waals surface area contributed by atoms with Crippen LogP contribution in [-0.2, 0) is 6.54 Å². The molecule has 0 unspecified atom stereocenters. The molecule has 0 spiro atoms. The number of aliphatic hydroxyl groups excluding tert-OH is 1. The standard InChI is InChI=1S/C22H19ClN2O2/c23-17-10-12-18(13-11-17)27-15-14-25-20-9-5-4-8-19(20)24-22(25)21(26)16-6-2-1-3-7-16/h1-13,21,26H,14-15H2/t21-/m0/s1. The highest BCUT2D eigenvalue weighted by Gasteiger charge is 2.19. The minimum atomic E-state index is -0.797. The van der Waals surface area contributed by atoms with Gasteiger partial charge in [-0.05, 0) is 42.0 Å². The number of hydrogen-bond donors (Lipinski definition) is 1. The summed E-state index contributed by atoms with van der Waals surface area (Å²) in [5.41, 5.74) is 2.64. The van der Waals surface area contributed by atoms with Gasteiger partial charge in [-0.3, -0.25) is 0 Å². The predicted molar refractivity (Wildman–Crippen MR) is 107 cm³/mol. The van der Waals surface area contributed by atoms with E-state index in [1.807, 2.05) is 71.3 Å². The molecule has 1 heterocycles. The fourth-order valence-electron chi connectivity index (χ4n) is 3.11. The molecule has 4 rings (SSSR count). The zero-order chi connectivity index (χ0) is 18.6. The monoisotopic (exact) mass is 378 g/mol. The Hall–Kier alpha value is -2.82. The second kappa shape index (κ2) is 7.82. The van der Waals surface area contributed by atoms with Crippen LogP contribution in [-0.4, -0.2) is 21.3 Å². The van der Waals surface area contributed by atoms with Crippen LogP contribution in [0.1, 0.15) is 17.5 Å². The van der Waals surface area contributed by atoms with Crippen molar-refractivity contribution in [1.82, 2.24) is 9.55 Å². The predicted octanol–water partition coefficient (Wildman–Crippen LogP) is 4.85. The van der Waals surface area contributed by atoms with Gasteiger partial charge in [-0.1, -0.05) is 54.1 Å². The zero-order valence-electron chi connectivity index (χ0n) is 14.6. The summed E-state index contributed by atoms with van der Waals surface area (Å²) in [4.78, 5) is 4.67. The number of rotatable bonds is 6. The van der Waals surface area contributed by atoms with Crippen LogP contribution >= 0.6 is 11.6 Å². The van der Waals surface area contributed by atoms with Gasteiger partial charge < -0.3 is 14.4 Å². The second-order valence-electron chi connectivity index (χ2n) is 6.23. The first kappa shape index (κ1) is 17.6. The molecule has 0 bridgehead atoms. The smallest absolute Gasteiger partial charge is 0.143 e. The molecule has 136 valence electrons. The molecule has 5 heteroatoms. The van der Waals surface area contributed by atoms with Crippen molar-refractivity contribution < 1.29 is 9.84 Å². The number of ether oxygens (including phenoxy) is 1. The van der Waals surface area contributed by atoms with Crippen molar-refractivity contribution in [2.75, 3.05) is 6.61 Å². The van der Waals surface area contributed by atoms with E-state index in [0.29, 0.717) is 24.0 Å². The lowest BCUT2D eigenvalue weighted by Crippen LogP contribution is -2.14. The Morgan fingerprint density at radius 1 is 0.926 bits per heavy atom. The second-order valence-corrected chi connectivity index (χ2v) is 6.66. The van der Waals surface area contributed by atoms with Crippen LogP contribution < -0.4 is 4.74 Å². The number of nitrogens with zero attached hydrogens (tertiary/aromatic N) is 2. The van der Waals surface area contributed by atoms with Crippen molar-refractivity contribution in [1.29, 1.82) is 0 Å². The Bertz CT molecular complexity index is 1030. The number of aliphatic hydroxyl groups is 1. The van der Waals surface area contributed by atoms with Crippen LogP contribution in [0.2, 0.25) is 5.02 Å². The number of imidazole rings is 1. The Balaban J connectivity index is 1.61. The summed E-state index contributed by atoms with van der Waals surface area (Å²) in [5, 5.41) is 11.6. The number of para-hydroxylation sites is 2. The van der Waals surface area contributed by atoms with Crippen molar-refractivity contribution in [2.45, 2.75) is 12.6 Å². The van der Waals surface area contributed by atoms with E-state index in [1.165, 1.54) is 0 Å². The lowest BCUT2D eigenvalue weighted by molar-refractivity contribution is 0.201. The van der Waals surface area contributed by atoms with Crippen LogP contribution in [0.25, 0.3) is 11.0 Å². The minimum absolute atomic E-state index is 0.455. The maximum Gasteiger partial charge on any atom is 0.143 e. The quantitative estimate of drug-likeness (QED) is 0.521. The van der Waals surface area contributed by atoms with Crippen LogP contribution in [0.5, 0.6) is 5.75 Å². The van der Waals surface area contributed by atoms with Gasteiger partial charge in [0.1, 0.15) is 24.3 Å². The topological polar surface area (TPSA) is 47.3 Å². The van der Waals surface area contributed by atoms with Crippen LogP contribution in [0.4, 0.5) is 0 Å². The van der Waals surface area contributed by atoms with E-state index in [0.717, 1.165) is 22.3 Å². The summed E-state index contributed by atoms with van der Waals surface area (Å²) < 4.78 is 7.85. The van der Waals surface area contributed by atoms with E-state index >= 15 is 0 Å². The van der Waals surface area contributed by atoms with Crippen molar-refractivity contribution in [3.63, 3.8) is 0 Å². The van der Waals surface area contributed by atoms with Gasteiger partial charge in [0.15, 0.2) is 0 Å². The Morgan fingerprint density at radius 2 is 1.63 bits per heavy atom. The first-order valence-corrected chi connectivity index (χ1v) is 9.17. The van der Waals surface area contributed by atoms with Gasteiger partial charge in [-0.25, -0.2) is 4.98 Å². The number of benzene rings is 3. The van der Waals surface area contributed by atoms with Crippen LogP contribution in [0.3, 0.4) is 0 Å². The average Bonchev–Trinajstić information content (AvgIpc) is 3.08. The maximum absolute atomic E-state index is 10.9. The number of hydrogen-bond acceptors (Lipinski definition) is 3. The van der Waals surface area contributed by atoms with E-state index in [2.05, 4.69) is 4.98 Å². The van der Waals surface area contributed by atoms with Crippen molar-refractivity contribution in [2.24, 2.45) is 0 Å². The number of halogens is 1. The molecule has 27 heavy (non-hydrogen) atoms. The lowest BCUT2D eigenvalue weighted by atomic mass is 10.1. The SMILES string of the molecule is O[C@@H](c1ccccc1)c1nc2ccccc2n1CCOc1ccc(Cl)cc1. The molecule has 4 nitrogen and oxygen atoms in total. The Morgan fingerprint density at radius 3 is 2.41 bits per heavy atom. The summed E-state index contributed by atoms with van der Waals surface area (Å²) in [5.74, 6) is 1.37. The van der Waals surface area contributed by atoms with E-state index in [4.69, 9.17) is 16.3 Å². The largest absolute Gasteiger partial charge is 0.492 e. The normalized spacial score (nSPS) is 12.2. The Labute approximate surface area is 162 Å². The number of aromatic nitrogens is 2. The molecule has 3 aromatic carbocycles. The van der Waals surface area contributed by atoms with Crippen LogP contribution in [0.15, 0.2) is 78.9 Å². The molecule has 0 amide bonds. The highest BCUT2D eigenvalue weighted by Crippen LogP contribution is 2.26. The summed E-state index contributed by atoms with van der Waals surface area (Å²) in [6, 6.07) is 24.7. The molecule has 0 fully saturated rings. The van der Waals surface area contributed by atoms with Crippen molar-refractivity contribution in [3.8, 4) is 5.75 Å². The van der Waals surface area contributed by atoms with Crippen LogP contribution in [0, 0.1) is 0 Å². The average molecular weight is 379 g/mol. The molecule has 1 N–H and O–H groups in total. The summed E-state index contributed by atoms with van der Waals surface area (Å²) in [6.45, 7) is 1.03. The van der Waals surface area contributed by atoms with Gasteiger partial charge in [0.05, 0.1) is 17.6 Å². The molecule has 0 saturated carbocycles. The number of fused-ring (bicyclic) bond motifs is 1. The molecule has 0 radical (unpaired) electrons. The summed E-state index contributed by atoms with van der Waals surface area (Å²) >= 11 is 5.91. The molecular weight excluding hydrogens is 360 g/mol. The molecule has 0 aliphatic heterocycles. The first-order chi connectivity index (χ1) is 13.2. The molecule has 1 aromatic heterocycles. The van der Waals surface area contributed by atoms with Gasteiger partial charge in [-0.15, -0.1) is 0 Å². The third kappa shape index (κ3) is 3.82. The molecule has 0 aliphatic rings. The summed E-state index contributed by atoms with van der Waals surface area (Å²) in [7, 11) is 0. The Kier molecular flexibility index (Phi) is 5.10. The van der Waals surface area contributed by atoms with Gasteiger partial charge in [0, 0.05) is 5.02 Å². The first-order valence-electron chi connectivity index (χ1n) is 8.79. The molecular formula is C22H19ClN2O2. The van der Waals surface area contributed by atoms with Gasteiger partial charge >= 0.3 is 0 Å². The fourth-order valence-corrected chi connectivity index (χ4v) is 3.23. The lowest BCUT2D eigenvalue weighted by Gasteiger charge is -2.15. The minimum Gasteiger partial charge on any atom is -0.492 e. The third-order valence-electron chi connectivity index (χ3n) is 4.44. The van der Waals surface area contributed by atoms with Gasteiger partial charge in [0.25, 0.3) is 0 Å². The zero-order valence-corrected chi connectivity index (χ0v) is 15.4. The van der Waals surface area contributed by atoms with E-state index < -0.39 is 6.10 Å². The van der Waals surface area contributed by atoms with Crippen molar-refractivity contribution >= 4 is 22.6 Å². The molecule has 0 saturated heterocycles. The molecule has 0 aliphatic carbocycles. The van der Waals surface area contributed by atoms with Crippen molar-refractivity contribution in [3.05, 3.63) is 95.3 Å². The third-order valence-corrected chi connectivity index (χ3v) is 4.69. The molecule has 4 aromatic rings.